The van der Waals surface area contributed by atoms with E-state index in [0.29, 0.717) is 16.7 Å². The second-order valence-corrected chi connectivity index (χ2v) is 5.31. The van der Waals surface area contributed by atoms with Crippen molar-refractivity contribution in [2.24, 2.45) is 0 Å². The van der Waals surface area contributed by atoms with E-state index in [1.165, 1.54) is 11.8 Å². The molecule has 0 aliphatic heterocycles. The molecule has 5 heteroatoms. The predicted octanol–water partition coefficient (Wildman–Crippen LogP) is 2.77. The van der Waals surface area contributed by atoms with Gasteiger partial charge >= 0.3 is 0 Å². The summed E-state index contributed by atoms with van der Waals surface area (Å²) in [5.41, 5.74) is 1.61. The van der Waals surface area contributed by atoms with Crippen LogP contribution in [0.25, 0.3) is 0 Å². The summed E-state index contributed by atoms with van der Waals surface area (Å²) in [4.78, 5) is 11.7. The molecule has 0 radical (unpaired) electrons. The fourth-order valence-electron chi connectivity index (χ4n) is 1.82. The molecule has 1 unspecified atom stereocenters. The van der Waals surface area contributed by atoms with Crippen molar-refractivity contribution in [1.82, 2.24) is 5.32 Å². The van der Waals surface area contributed by atoms with Crippen LogP contribution in [0.4, 0.5) is 0 Å². The van der Waals surface area contributed by atoms with Gasteiger partial charge in [-0.1, -0.05) is 30.3 Å². The minimum Gasteiger partial charge on any atom is -0.457 e. The summed E-state index contributed by atoms with van der Waals surface area (Å²) in [6, 6.07) is 11.5. The SMILES string of the molecule is O=C(NCC(O)CCc1ccccc1)c1coc(Br)c1. The van der Waals surface area contributed by atoms with E-state index < -0.39 is 6.10 Å². The van der Waals surface area contributed by atoms with E-state index in [4.69, 9.17) is 4.42 Å². The van der Waals surface area contributed by atoms with Gasteiger partial charge in [0.05, 0.1) is 11.7 Å². The van der Waals surface area contributed by atoms with Gasteiger partial charge in [0, 0.05) is 12.6 Å². The summed E-state index contributed by atoms with van der Waals surface area (Å²) in [6.45, 7) is 0.231. The van der Waals surface area contributed by atoms with Crippen molar-refractivity contribution in [1.29, 1.82) is 0 Å². The Hall–Kier alpha value is -1.59. The average molecular weight is 338 g/mol. The topological polar surface area (TPSA) is 62.5 Å². The molecule has 0 fully saturated rings. The number of aliphatic hydroxyl groups is 1. The maximum atomic E-state index is 11.7. The monoisotopic (exact) mass is 337 g/mol. The third-order valence-corrected chi connectivity index (χ3v) is 3.35. The minimum atomic E-state index is -0.561. The molecule has 20 heavy (non-hydrogen) atoms. The lowest BCUT2D eigenvalue weighted by Crippen LogP contribution is -2.32. The number of rotatable bonds is 6. The largest absolute Gasteiger partial charge is 0.457 e. The molecule has 0 saturated heterocycles. The van der Waals surface area contributed by atoms with Gasteiger partial charge < -0.3 is 14.8 Å². The summed E-state index contributed by atoms with van der Waals surface area (Å²) in [6.07, 6.45) is 2.21. The summed E-state index contributed by atoms with van der Waals surface area (Å²) >= 11 is 3.14. The number of aryl methyl sites for hydroxylation is 1. The second-order valence-electron chi connectivity index (χ2n) is 4.53. The van der Waals surface area contributed by atoms with Gasteiger partial charge in [-0.2, -0.15) is 0 Å². The van der Waals surface area contributed by atoms with Crippen molar-refractivity contribution >= 4 is 21.8 Å². The predicted molar refractivity (Wildman–Crippen MR) is 79.5 cm³/mol. The van der Waals surface area contributed by atoms with Crippen LogP contribution in [-0.2, 0) is 6.42 Å². The average Bonchev–Trinajstić information content (AvgIpc) is 2.90. The summed E-state index contributed by atoms with van der Waals surface area (Å²) < 4.78 is 5.50. The molecule has 2 aromatic rings. The van der Waals surface area contributed by atoms with E-state index in [0.717, 1.165) is 6.42 Å². The molecule has 1 aromatic carbocycles. The van der Waals surface area contributed by atoms with Crippen LogP contribution in [0.2, 0.25) is 0 Å². The number of halogens is 1. The summed E-state index contributed by atoms with van der Waals surface area (Å²) in [7, 11) is 0. The van der Waals surface area contributed by atoms with E-state index in [1.54, 1.807) is 6.07 Å². The van der Waals surface area contributed by atoms with E-state index in [2.05, 4.69) is 21.2 Å². The van der Waals surface area contributed by atoms with Gasteiger partial charge in [0.15, 0.2) is 4.67 Å². The normalized spacial score (nSPS) is 12.1. The molecule has 0 spiro atoms. The first-order valence-electron chi connectivity index (χ1n) is 6.39. The van der Waals surface area contributed by atoms with Crippen LogP contribution < -0.4 is 5.32 Å². The molecular weight excluding hydrogens is 322 g/mol. The highest BCUT2D eigenvalue weighted by Gasteiger charge is 2.11. The molecule has 1 amide bonds. The Morgan fingerprint density at radius 2 is 2.10 bits per heavy atom. The Labute approximate surface area is 125 Å². The zero-order valence-electron chi connectivity index (χ0n) is 10.9. The molecule has 2 rings (SSSR count). The third-order valence-electron chi connectivity index (χ3n) is 2.94. The Morgan fingerprint density at radius 3 is 2.75 bits per heavy atom. The first-order chi connectivity index (χ1) is 9.65. The maximum Gasteiger partial charge on any atom is 0.254 e. The Kier molecular flexibility index (Phi) is 5.38. The number of aliphatic hydroxyl groups excluding tert-OH is 1. The molecule has 106 valence electrons. The molecule has 4 nitrogen and oxygen atoms in total. The number of benzene rings is 1. The Bertz CT molecular complexity index is 553. The number of carbonyl (C=O) groups is 1. The van der Waals surface area contributed by atoms with E-state index in [1.807, 2.05) is 30.3 Å². The van der Waals surface area contributed by atoms with Crippen LogP contribution in [0.3, 0.4) is 0 Å². The number of amides is 1. The van der Waals surface area contributed by atoms with Crippen molar-refractivity contribution in [2.75, 3.05) is 6.54 Å². The highest BCUT2D eigenvalue weighted by atomic mass is 79.9. The lowest BCUT2D eigenvalue weighted by molar-refractivity contribution is 0.0910. The zero-order valence-corrected chi connectivity index (χ0v) is 12.5. The quantitative estimate of drug-likeness (QED) is 0.851. The molecular formula is C15H16BrNO3. The van der Waals surface area contributed by atoms with Crippen LogP contribution in [0.1, 0.15) is 22.3 Å². The standard InChI is InChI=1S/C15H16BrNO3/c16-14-8-12(10-20-14)15(19)17-9-13(18)7-6-11-4-2-1-3-5-11/h1-5,8,10,13,18H,6-7,9H2,(H,17,19). The van der Waals surface area contributed by atoms with E-state index in [-0.39, 0.29) is 12.5 Å². The maximum absolute atomic E-state index is 11.7. The molecule has 2 N–H and O–H groups in total. The first-order valence-corrected chi connectivity index (χ1v) is 7.18. The molecule has 0 bridgehead atoms. The van der Waals surface area contributed by atoms with Gasteiger partial charge in [-0.25, -0.2) is 0 Å². The first kappa shape index (κ1) is 14.8. The summed E-state index contributed by atoms with van der Waals surface area (Å²) in [5, 5.41) is 12.5. The number of furan rings is 1. The van der Waals surface area contributed by atoms with Gasteiger partial charge in [-0.05, 0) is 34.3 Å². The van der Waals surface area contributed by atoms with Crippen molar-refractivity contribution < 1.29 is 14.3 Å². The van der Waals surface area contributed by atoms with Gasteiger partial charge in [0.2, 0.25) is 0 Å². The molecule has 1 atom stereocenters. The van der Waals surface area contributed by atoms with E-state index >= 15 is 0 Å². The zero-order chi connectivity index (χ0) is 14.4. The highest BCUT2D eigenvalue weighted by molar-refractivity contribution is 9.10. The van der Waals surface area contributed by atoms with Crippen LogP contribution in [0.15, 0.2) is 51.7 Å². The van der Waals surface area contributed by atoms with Crippen LogP contribution in [0, 0.1) is 0 Å². The molecule has 0 aliphatic carbocycles. The van der Waals surface area contributed by atoms with Crippen LogP contribution in [0.5, 0.6) is 0 Å². The highest BCUT2D eigenvalue weighted by Crippen LogP contribution is 2.13. The van der Waals surface area contributed by atoms with E-state index in [9.17, 15) is 9.90 Å². The lowest BCUT2D eigenvalue weighted by atomic mass is 10.1. The number of hydrogen-bond acceptors (Lipinski definition) is 3. The third kappa shape index (κ3) is 4.51. The minimum absolute atomic E-state index is 0.231. The molecule has 1 aromatic heterocycles. The fraction of sp³-hybridized carbons (Fsp3) is 0.267. The molecule has 0 aliphatic rings. The smallest absolute Gasteiger partial charge is 0.254 e. The van der Waals surface area contributed by atoms with Gasteiger partial charge in [-0.3, -0.25) is 4.79 Å². The number of carbonyl (C=O) groups excluding carboxylic acids is 1. The lowest BCUT2D eigenvalue weighted by Gasteiger charge is -2.11. The second kappa shape index (κ2) is 7.26. The fourth-order valence-corrected chi connectivity index (χ4v) is 2.16. The number of nitrogens with one attached hydrogen (secondary N) is 1. The van der Waals surface area contributed by atoms with Gasteiger partial charge in [0.1, 0.15) is 6.26 Å². The van der Waals surface area contributed by atoms with Crippen LogP contribution in [-0.4, -0.2) is 23.7 Å². The van der Waals surface area contributed by atoms with Crippen molar-refractivity contribution in [3.05, 3.63) is 58.5 Å². The van der Waals surface area contributed by atoms with Gasteiger partial charge in [0.25, 0.3) is 5.91 Å². The molecule has 1 heterocycles. The number of hydrogen-bond donors (Lipinski definition) is 2. The van der Waals surface area contributed by atoms with Crippen molar-refractivity contribution in [3.8, 4) is 0 Å². The molecule has 0 saturated carbocycles. The summed E-state index contributed by atoms with van der Waals surface area (Å²) in [5.74, 6) is -0.252. The van der Waals surface area contributed by atoms with Gasteiger partial charge in [-0.15, -0.1) is 0 Å². The van der Waals surface area contributed by atoms with Crippen LogP contribution >= 0.6 is 15.9 Å². The van der Waals surface area contributed by atoms with Crippen molar-refractivity contribution in [2.45, 2.75) is 18.9 Å². The Morgan fingerprint density at radius 1 is 1.35 bits per heavy atom. The van der Waals surface area contributed by atoms with Crippen molar-refractivity contribution in [3.63, 3.8) is 0 Å². The Balaban J connectivity index is 1.72.